The smallest absolute Gasteiger partial charge is 0.322 e. The van der Waals surface area contributed by atoms with Crippen molar-refractivity contribution < 1.29 is 24.1 Å². The SMILES string of the molecule is COC(C)(C)COC(C)(C)CCOC[C@H](N)C(=O)O. The summed E-state index contributed by atoms with van der Waals surface area (Å²) in [6.07, 6.45) is 0.652. The Morgan fingerprint density at radius 3 is 2.32 bits per heavy atom. The molecule has 6 nitrogen and oxygen atoms in total. The van der Waals surface area contributed by atoms with Gasteiger partial charge in [0.2, 0.25) is 0 Å². The first-order chi connectivity index (χ1) is 8.59. The fraction of sp³-hybridized carbons (Fsp3) is 0.923. The Bertz CT molecular complexity index is 278. The van der Waals surface area contributed by atoms with Crippen molar-refractivity contribution in [3.05, 3.63) is 0 Å². The van der Waals surface area contributed by atoms with Gasteiger partial charge in [0.1, 0.15) is 6.04 Å². The van der Waals surface area contributed by atoms with Gasteiger partial charge in [-0.15, -0.1) is 0 Å². The highest BCUT2D eigenvalue weighted by atomic mass is 16.5. The summed E-state index contributed by atoms with van der Waals surface area (Å²) >= 11 is 0. The molecule has 6 heteroatoms. The Balaban J connectivity index is 3.88. The Hall–Kier alpha value is -0.690. The molecule has 0 fully saturated rings. The van der Waals surface area contributed by atoms with Gasteiger partial charge < -0.3 is 25.1 Å². The van der Waals surface area contributed by atoms with E-state index in [-0.39, 0.29) is 17.8 Å². The number of methoxy groups -OCH3 is 1. The number of ether oxygens (including phenoxy) is 3. The lowest BCUT2D eigenvalue weighted by Gasteiger charge is -2.31. The number of carbonyl (C=O) groups is 1. The maximum atomic E-state index is 10.5. The molecule has 0 rings (SSSR count). The van der Waals surface area contributed by atoms with Gasteiger partial charge in [0, 0.05) is 13.7 Å². The molecule has 114 valence electrons. The quantitative estimate of drug-likeness (QED) is 0.579. The zero-order valence-corrected chi connectivity index (χ0v) is 12.6. The Kier molecular flexibility index (Phi) is 7.51. The second kappa shape index (κ2) is 7.79. The molecule has 1 atom stereocenters. The van der Waals surface area contributed by atoms with Gasteiger partial charge in [-0.2, -0.15) is 0 Å². The number of hydrogen-bond acceptors (Lipinski definition) is 5. The van der Waals surface area contributed by atoms with E-state index < -0.39 is 12.0 Å². The van der Waals surface area contributed by atoms with Crippen LogP contribution in [0, 0.1) is 0 Å². The molecule has 0 radical (unpaired) electrons. The molecular weight excluding hydrogens is 250 g/mol. The number of rotatable bonds is 10. The van der Waals surface area contributed by atoms with Crippen molar-refractivity contribution in [1.82, 2.24) is 0 Å². The van der Waals surface area contributed by atoms with Gasteiger partial charge in [-0.1, -0.05) is 0 Å². The number of hydrogen-bond donors (Lipinski definition) is 2. The molecule has 0 aliphatic heterocycles. The number of carboxylic acids is 1. The van der Waals surface area contributed by atoms with Crippen LogP contribution >= 0.6 is 0 Å². The first-order valence-corrected chi connectivity index (χ1v) is 6.35. The minimum Gasteiger partial charge on any atom is -0.480 e. The van der Waals surface area contributed by atoms with Gasteiger partial charge in [0.15, 0.2) is 0 Å². The predicted molar refractivity (Wildman–Crippen MR) is 72.2 cm³/mol. The summed E-state index contributed by atoms with van der Waals surface area (Å²) in [6.45, 7) is 8.71. The molecule has 0 saturated heterocycles. The molecule has 0 aromatic heterocycles. The zero-order valence-electron chi connectivity index (χ0n) is 12.6. The average Bonchev–Trinajstić information content (AvgIpc) is 2.32. The zero-order chi connectivity index (χ0) is 15.1. The van der Waals surface area contributed by atoms with Crippen molar-refractivity contribution in [2.75, 3.05) is 26.9 Å². The van der Waals surface area contributed by atoms with Crippen LogP contribution < -0.4 is 5.73 Å². The molecule has 0 amide bonds. The third kappa shape index (κ3) is 8.93. The second-order valence-electron chi connectivity index (χ2n) is 5.78. The first-order valence-electron chi connectivity index (χ1n) is 6.35. The van der Waals surface area contributed by atoms with Crippen molar-refractivity contribution >= 4 is 5.97 Å². The molecule has 3 N–H and O–H groups in total. The standard InChI is InChI=1S/C13H27NO5/c1-12(2,19-9-13(3,4)17-5)6-7-18-8-10(14)11(15)16/h10H,6-9,14H2,1-5H3,(H,15,16)/t10-/m0/s1. The summed E-state index contributed by atoms with van der Waals surface area (Å²) in [6, 6.07) is -0.976. The summed E-state index contributed by atoms with van der Waals surface area (Å²) in [5.41, 5.74) is 4.64. The second-order valence-corrected chi connectivity index (χ2v) is 5.78. The Morgan fingerprint density at radius 1 is 1.26 bits per heavy atom. The van der Waals surface area contributed by atoms with Crippen LogP contribution in [0.3, 0.4) is 0 Å². The lowest BCUT2D eigenvalue weighted by molar-refractivity contribution is -0.140. The normalized spacial score (nSPS) is 14.4. The highest BCUT2D eigenvalue weighted by molar-refractivity contribution is 5.73. The van der Waals surface area contributed by atoms with Crippen LogP contribution in [0.1, 0.15) is 34.1 Å². The maximum absolute atomic E-state index is 10.5. The van der Waals surface area contributed by atoms with Crippen LogP contribution in [0.25, 0.3) is 0 Å². The van der Waals surface area contributed by atoms with E-state index in [0.29, 0.717) is 19.6 Å². The number of carboxylic acid groups (broad SMARTS) is 1. The van der Waals surface area contributed by atoms with Crippen molar-refractivity contribution in [1.29, 1.82) is 0 Å². The summed E-state index contributed by atoms with van der Waals surface area (Å²) in [4.78, 5) is 10.5. The fourth-order valence-corrected chi connectivity index (χ4v) is 1.10. The third-order valence-electron chi connectivity index (χ3n) is 2.83. The van der Waals surface area contributed by atoms with Gasteiger partial charge in [0.05, 0.1) is 24.4 Å². The third-order valence-corrected chi connectivity index (χ3v) is 2.83. The molecule has 0 aromatic carbocycles. The molecule has 0 aliphatic rings. The lowest BCUT2D eigenvalue weighted by Crippen LogP contribution is -2.37. The summed E-state index contributed by atoms with van der Waals surface area (Å²) in [7, 11) is 1.65. The molecule has 0 aromatic rings. The van der Waals surface area contributed by atoms with Crippen LogP contribution in [0.15, 0.2) is 0 Å². The highest BCUT2D eigenvalue weighted by Gasteiger charge is 2.24. The molecule has 0 heterocycles. The van der Waals surface area contributed by atoms with E-state index in [2.05, 4.69) is 0 Å². The minimum atomic E-state index is -1.06. The topological polar surface area (TPSA) is 91.0 Å². The van der Waals surface area contributed by atoms with E-state index in [4.69, 9.17) is 25.1 Å². The largest absolute Gasteiger partial charge is 0.480 e. The van der Waals surface area contributed by atoms with Crippen molar-refractivity contribution in [2.24, 2.45) is 5.73 Å². The van der Waals surface area contributed by atoms with E-state index >= 15 is 0 Å². The van der Waals surface area contributed by atoms with Gasteiger partial charge >= 0.3 is 5.97 Å². The summed E-state index contributed by atoms with van der Waals surface area (Å²) < 4.78 is 16.3. The van der Waals surface area contributed by atoms with Crippen LogP contribution in [0.2, 0.25) is 0 Å². The van der Waals surface area contributed by atoms with Crippen LogP contribution in [0.5, 0.6) is 0 Å². The van der Waals surface area contributed by atoms with Gasteiger partial charge in [-0.25, -0.2) is 0 Å². The Morgan fingerprint density at radius 2 is 1.84 bits per heavy atom. The average molecular weight is 277 g/mol. The van der Waals surface area contributed by atoms with Crippen LogP contribution in [-0.2, 0) is 19.0 Å². The van der Waals surface area contributed by atoms with Crippen molar-refractivity contribution in [3.8, 4) is 0 Å². The summed E-state index contributed by atoms with van der Waals surface area (Å²) in [5, 5.41) is 8.60. The highest BCUT2D eigenvalue weighted by Crippen LogP contribution is 2.18. The van der Waals surface area contributed by atoms with E-state index in [1.165, 1.54) is 0 Å². The molecule has 0 spiro atoms. The molecule has 0 bridgehead atoms. The number of aliphatic carboxylic acids is 1. The van der Waals surface area contributed by atoms with Crippen LogP contribution in [-0.4, -0.2) is 55.3 Å². The fourth-order valence-electron chi connectivity index (χ4n) is 1.10. The van der Waals surface area contributed by atoms with Crippen molar-refractivity contribution in [3.63, 3.8) is 0 Å². The minimum absolute atomic E-state index is 0.00891. The lowest BCUT2D eigenvalue weighted by atomic mass is 10.0. The molecular formula is C13H27NO5. The molecule has 0 aliphatic carbocycles. The first kappa shape index (κ1) is 18.3. The van der Waals surface area contributed by atoms with Gasteiger partial charge in [0.25, 0.3) is 0 Å². The van der Waals surface area contributed by atoms with E-state index in [0.717, 1.165) is 0 Å². The molecule has 0 unspecified atom stereocenters. The molecule has 19 heavy (non-hydrogen) atoms. The van der Waals surface area contributed by atoms with Crippen LogP contribution in [0.4, 0.5) is 0 Å². The number of nitrogens with two attached hydrogens (primary N) is 1. The Labute approximate surface area is 115 Å². The monoisotopic (exact) mass is 277 g/mol. The van der Waals surface area contributed by atoms with Crippen molar-refractivity contribution in [2.45, 2.75) is 51.4 Å². The molecule has 0 saturated carbocycles. The maximum Gasteiger partial charge on any atom is 0.322 e. The van der Waals surface area contributed by atoms with E-state index in [9.17, 15) is 4.79 Å². The predicted octanol–water partition coefficient (Wildman–Crippen LogP) is 1.03. The van der Waals surface area contributed by atoms with Gasteiger partial charge in [-0.3, -0.25) is 4.79 Å². The summed E-state index contributed by atoms with van der Waals surface area (Å²) in [5.74, 6) is -1.06. The van der Waals surface area contributed by atoms with E-state index in [1.807, 2.05) is 27.7 Å². The van der Waals surface area contributed by atoms with Gasteiger partial charge in [-0.05, 0) is 34.1 Å². The van der Waals surface area contributed by atoms with E-state index in [1.54, 1.807) is 7.11 Å².